The molecule has 0 radical (unpaired) electrons. The van der Waals surface area contributed by atoms with Gasteiger partial charge in [0.2, 0.25) is 0 Å². The van der Waals surface area contributed by atoms with E-state index in [1.807, 2.05) is 0 Å². The van der Waals surface area contributed by atoms with Crippen molar-refractivity contribution in [1.82, 2.24) is 15.0 Å². The van der Waals surface area contributed by atoms with Crippen LogP contribution in [0.1, 0.15) is 5.56 Å². The van der Waals surface area contributed by atoms with Crippen LogP contribution in [0.25, 0.3) is 11.0 Å². The first-order valence-electron chi connectivity index (χ1n) is 3.71. The van der Waals surface area contributed by atoms with Crippen molar-refractivity contribution in [2.45, 2.75) is 6.92 Å². The molecule has 0 aliphatic carbocycles. The molecule has 66 valence electrons. The van der Waals surface area contributed by atoms with Crippen molar-refractivity contribution < 1.29 is 5.11 Å². The minimum absolute atomic E-state index is 0.0562. The summed E-state index contributed by atoms with van der Waals surface area (Å²) in [7, 11) is 0. The number of aromatic amines is 1. The zero-order valence-corrected chi connectivity index (χ0v) is 6.90. The van der Waals surface area contributed by atoms with Crippen molar-refractivity contribution in [2.24, 2.45) is 0 Å². The summed E-state index contributed by atoms with van der Waals surface area (Å²) in [4.78, 5) is 21.3. The molecule has 0 bridgehead atoms. The molecule has 0 saturated heterocycles. The normalized spacial score (nSPS) is 10.5. The maximum absolute atomic E-state index is 11.2. The topological polar surface area (TPSA) is 78.9 Å². The van der Waals surface area contributed by atoms with E-state index in [9.17, 15) is 9.90 Å². The highest BCUT2D eigenvalue weighted by Crippen LogP contribution is 2.20. The number of nitrogens with zero attached hydrogens (tertiary/aromatic N) is 2. The van der Waals surface area contributed by atoms with Gasteiger partial charge in [0, 0.05) is 6.20 Å². The number of hydrogen-bond acceptors (Lipinski definition) is 4. The molecule has 2 heterocycles. The van der Waals surface area contributed by atoms with Crippen LogP contribution in [0.4, 0.5) is 0 Å². The smallest absolute Gasteiger partial charge is 0.256 e. The van der Waals surface area contributed by atoms with Gasteiger partial charge in [0.1, 0.15) is 17.7 Å². The lowest BCUT2D eigenvalue weighted by atomic mass is 10.2. The molecule has 5 heteroatoms. The van der Waals surface area contributed by atoms with Crippen LogP contribution in [0.3, 0.4) is 0 Å². The average Bonchev–Trinajstić information content (AvgIpc) is 2.15. The highest BCUT2D eigenvalue weighted by molar-refractivity contribution is 5.81. The summed E-state index contributed by atoms with van der Waals surface area (Å²) >= 11 is 0. The van der Waals surface area contributed by atoms with Gasteiger partial charge in [0.25, 0.3) is 5.56 Å². The predicted octanol–water partition coefficient (Wildman–Crippen LogP) is 0.332. The summed E-state index contributed by atoms with van der Waals surface area (Å²) in [6, 6.07) is 0. The van der Waals surface area contributed by atoms with Crippen molar-refractivity contribution in [2.75, 3.05) is 0 Å². The Morgan fingerprint density at radius 2 is 2.31 bits per heavy atom. The van der Waals surface area contributed by atoms with Crippen LogP contribution in [0.5, 0.6) is 5.75 Å². The molecular formula is C8H7N3O2. The number of fused-ring (bicyclic) bond motifs is 1. The molecule has 0 atom stereocenters. The molecule has 2 aromatic rings. The van der Waals surface area contributed by atoms with E-state index in [0.29, 0.717) is 11.0 Å². The Kier molecular flexibility index (Phi) is 1.51. The van der Waals surface area contributed by atoms with E-state index in [-0.39, 0.29) is 16.9 Å². The van der Waals surface area contributed by atoms with Crippen LogP contribution < -0.4 is 5.56 Å². The van der Waals surface area contributed by atoms with Gasteiger partial charge in [-0.15, -0.1) is 0 Å². The zero-order chi connectivity index (χ0) is 9.42. The Labute approximate surface area is 73.1 Å². The van der Waals surface area contributed by atoms with Gasteiger partial charge in [-0.3, -0.25) is 4.79 Å². The number of H-pyrrole nitrogens is 1. The molecule has 2 N–H and O–H groups in total. The second kappa shape index (κ2) is 2.55. The number of aromatic nitrogens is 3. The SMILES string of the molecule is Cc1c(O)c2cncnc2[nH]c1=O. The van der Waals surface area contributed by atoms with Gasteiger partial charge in [-0.05, 0) is 6.92 Å². The van der Waals surface area contributed by atoms with Gasteiger partial charge < -0.3 is 10.1 Å². The molecule has 0 fully saturated rings. The van der Waals surface area contributed by atoms with E-state index < -0.39 is 0 Å². The van der Waals surface area contributed by atoms with Crippen LogP contribution in [-0.4, -0.2) is 20.1 Å². The van der Waals surface area contributed by atoms with Crippen LogP contribution in [-0.2, 0) is 0 Å². The summed E-state index contributed by atoms with van der Waals surface area (Å²) in [6.45, 7) is 1.54. The summed E-state index contributed by atoms with van der Waals surface area (Å²) in [5.74, 6) is -0.0562. The summed E-state index contributed by atoms with van der Waals surface area (Å²) in [5, 5.41) is 10.00. The third-order valence-electron chi connectivity index (χ3n) is 1.90. The largest absolute Gasteiger partial charge is 0.507 e. The first-order valence-corrected chi connectivity index (χ1v) is 3.71. The predicted molar refractivity (Wildman–Crippen MR) is 46.6 cm³/mol. The highest BCUT2D eigenvalue weighted by Gasteiger charge is 2.07. The van der Waals surface area contributed by atoms with Crippen molar-refractivity contribution in [3.05, 3.63) is 28.4 Å². The van der Waals surface area contributed by atoms with Gasteiger partial charge in [-0.2, -0.15) is 0 Å². The molecule has 0 spiro atoms. The fourth-order valence-corrected chi connectivity index (χ4v) is 1.11. The highest BCUT2D eigenvalue weighted by atomic mass is 16.3. The fourth-order valence-electron chi connectivity index (χ4n) is 1.11. The van der Waals surface area contributed by atoms with Gasteiger partial charge in [0.05, 0.1) is 10.9 Å². The maximum atomic E-state index is 11.2. The standard InChI is InChI=1S/C8H7N3O2/c1-4-6(12)5-2-9-3-10-7(5)11-8(4)13/h2-3H,1H3,(H2,9,10,11,12,13). The quantitative estimate of drug-likeness (QED) is 0.607. The van der Waals surface area contributed by atoms with Crippen LogP contribution >= 0.6 is 0 Å². The molecule has 0 amide bonds. The summed E-state index contributed by atoms with van der Waals surface area (Å²) < 4.78 is 0. The Balaban J connectivity index is 3.02. The minimum atomic E-state index is -0.330. The van der Waals surface area contributed by atoms with E-state index in [4.69, 9.17) is 0 Å². The van der Waals surface area contributed by atoms with Gasteiger partial charge >= 0.3 is 0 Å². The lowest BCUT2D eigenvalue weighted by Gasteiger charge is -2.00. The molecular weight excluding hydrogens is 170 g/mol. The molecule has 0 aromatic carbocycles. The number of pyridine rings is 1. The monoisotopic (exact) mass is 177 g/mol. The first kappa shape index (κ1) is 7.72. The lowest BCUT2D eigenvalue weighted by Crippen LogP contribution is -2.10. The molecule has 5 nitrogen and oxygen atoms in total. The van der Waals surface area contributed by atoms with Crippen molar-refractivity contribution >= 4 is 11.0 Å². The van der Waals surface area contributed by atoms with E-state index in [2.05, 4.69) is 15.0 Å². The van der Waals surface area contributed by atoms with Crippen molar-refractivity contribution in [1.29, 1.82) is 0 Å². The van der Waals surface area contributed by atoms with Crippen LogP contribution in [0.2, 0.25) is 0 Å². The van der Waals surface area contributed by atoms with E-state index >= 15 is 0 Å². The third-order valence-corrected chi connectivity index (χ3v) is 1.90. The van der Waals surface area contributed by atoms with Crippen LogP contribution in [0, 0.1) is 6.92 Å². The molecule has 0 aliphatic rings. The lowest BCUT2D eigenvalue weighted by molar-refractivity contribution is 0.476. The first-order chi connectivity index (χ1) is 6.20. The minimum Gasteiger partial charge on any atom is -0.507 e. The Bertz CT molecular complexity index is 518. The molecule has 0 unspecified atom stereocenters. The van der Waals surface area contributed by atoms with E-state index in [0.717, 1.165) is 0 Å². The van der Waals surface area contributed by atoms with Gasteiger partial charge in [0.15, 0.2) is 0 Å². The number of aromatic hydroxyl groups is 1. The molecule has 13 heavy (non-hydrogen) atoms. The maximum Gasteiger partial charge on any atom is 0.256 e. The second-order valence-corrected chi connectivity index (χ2v) is 2.71. The number of hydrogen-bond donors (Lipinski definition) is 2. The molecule has 0 saturated carbocycles. The average molecular weight is 177 g/mol. The molecule has 0 aliphatic heterocycles. The summed E-state index contributed by atoms with van der Waals surface area (Å²) in [5.41, 5.74) is 0.300. The fraction of sp³-hybridized carbons (Fsp3) is 0.125. The Morgan fingerprint density at radius 1 is 1.54 bits per heavy atom. The zero-order valence-electron chi connectivity index (χ0n) is 6.90. The van der Waals surface area contributed by atoms with Gasteiger partial charge in [-0.1, -0.05) is 0 Å². The number of rotatable bonds is 0. The van der Waals surface area contributed by atoms with E-state index in [1.165, 1.54) is 12.5 Å². The van der Waals surface area contributed by atoms with Crippen molar-refractivity contribution in [3.63, 3.8) is 0 Å². The Morgan fingerprint density at radius 3 is 3.08 bits per heavy atom. The van der Waals surface area contributed by atoms with E-state index in [1.54, 1.807) is 6.92 Å². The molecule has 2 aromatic heterocycles. The van der Waals surface area contributed by atoms with Gasteiger partial charge in [-0.25, -0.2) is 9.97 Å². The molecule has 2 rings (SSSR count). The van der Waals surface area contributed by atoms with Crippen LogP contribution in [0.15, 0.2) is 17.3 Å². The second-order valence-electron chi connectivity index (χ2n) is 2.71. The number of nitrogens with one attached hydrogen (secondary N) is 1. The third kappa shape index (κ3) is 1.05. The van der Waals surface area contributed by atoms with Crippen molar-refractivity contribution in [3.8, 4) is 5.75 Å². The summed E-state index contributed by atoms with van der Waals surface area (Å²) in [6.07, 6.45) is 2.77. The Hall–Kier alpha value is -1.91.